The Hall–Kier alpha value is -2.93. The lowest BCUT2D eigenvalue weighted by Crippen LogP contribution is -2.16. The number of carbonyl (C=O) groups is 2. The maximum Gasteiger partial charge on any atom is 0.338 e. The lowest BCUT2D eigenvalue weighted by Gasteiger charge is -2.13. The van der Waals surface area contributed by atoms with Crippen LogP contribution in [0.25, 0.3) is 0 Å². The molecule has 0 N–H and O–H groups in total. The van der Waals surface area contributed by atoms with Crippen molar-refractivity contribution in [1.29, 1.82) is 5.26 Å². The summed E-state index contributed by atoms with van der Waals surface area (Å²) >= 11 is 0. The maximum atomic E-state index is 12.4. The molecule has 2 aromatic rings. The average Bonchev–Trinajstić information content (AvgIpc) is 2.60. The molecule has 0 saturated heterocycles. The van der Waals surface area contributed by atoms with Crippen LogP contribution in [0.3, 0.4) is 0 Å². The van der Waals surface area contributed by atoms with Gasteiger partial charge in [-0.2, -0.15) is 5.26 Å². The van der Waals surface area contributed by atoms with E-state index in [-0.39, 0.29) is 12.4 Å². The number of nitrogens with zero attached hydrogens (tertiary/aromatic N) is 1. The molecule has 0 atom stereocenters. The Bertz CT molecular complexity index is 843. The summed E-state index contributed by atoms with van der Waals surface area (Å²) in [5.41, 5.74) is 5.56. The summed E-state index contributed by atoms with van der Waals surface area (Å²) in [4.78, 5) is 24.4. The number of carbonyl (C=O) groups excluding carboxylic acids is 2. The topological polar surface area (TPSA) is 67.2 Å². The van der Waals surface area contributed by atoms with Crippen LogP contribution in [-0.2, 0) is 4.74 Å². The van der Waals surface area contributed by atoms with E-state index < -0.39 is 5.97 Å². The summed E-state index contributed by atoms with van der Waals surface area (Å²) in [5, 5.41) is 8.75. The second-order valence-electron chi connectivity index (χ2n) is 5.80. The minimum Gasteiger partial charge on any atom is -0.454 e. The number of nitriles is 1. The molecule has 0 bridgehead atoms. The van der Waals surface area contributed by atoms with E-state index in [1.807, 2.05) is 39.8 Å². The number of ether oxygens (including phenoxy) is 1. The minimum atomic E-state index is -0.578. The van der Waals surface area contributed by atoms with Gasteiger partial charge in [0.05, 0.1) is 17.2 Å². The van der Waals surface area contributed by atoms with Crippen molar-refractivity contribution in [1.82, 2.24) is 0 Å². The summed E-state index contributed by atoms with van der Waals surface area (Å²) in [6.45, 7) is 7.56. The summed E-state index contributed by atoms with van der Waals surface area (Å²) in [7, 11) is 0. The fraction of sp³-hybridized carbons (Fsp3) is 0.250. The molecule has 4 heteroatoms. The quantitative estimate of drug-likeness (QED) is 0.634. The van der Waals surface area contributed by atoms with Gasteiger partial charge in [-0.15, -0.1) is 0 Å². The highest BCUT2D eigenvalue weighted by molar-refractivity contribution is 6.01. The fourth-order valence-electron chi connectivity index (χ4n) is 2.47. The largest absolute Gasteiger partial charge is 0.454 e. The van der Waals surface area contributed by atoms with Crippen LogP contribution >= 0.6 is 0 Å². The average molecular weight is 321 g/mol. The van der Waals surface area contributed by atoms with Crippen LogP contribution in [0.4, 0.5) is 0 Å². The van der Waals surface area contributed by atoms with Gasteiger partial charge in [0.2, 0.25) is 5.78 Å². The molecule has 0 unspecified atom stereocenters. The van der Waals surface area contributed by atoms with Crippen LogP contribution in [0, 0.1) is 39.0 Å². The van der Waals surface area contributed by atoms with E-state index in [1.54, 1.807) is 0 Å². The lowest BCUT2D eigenvalue weighted by atomic mass is 9.93. The standard InChI is InChI=1S/C20H19NO3/c1-12-9-18(15(4)14(3)13(12)2)19(22)11-24-20(23)17-7-5-16(10-21)6-8-17/h5-9H,11H2,1-4H3. The van der Waals surface area contributed by atoms with Crippen LogP contribution in [0.1, 0.15) is 48.5 Å². The molecule has 122 valence electrons. The van der Waals surface area contributed by atoms with E-state index in [9.17, 15) is 9.59 Å². The summed E-state index contributed by atoms with van der Waals surface area (Å²) in [6, 6.07) is 9.92. The van der Waals surface area contributed by atoms with Gasteiger partial charge in [-0.05, 0) is 80.3 Å². The van der Waals surface area contributed by atoms with Gasteiger partial charge in [-0.25, -0.2) is 4.79 Å². The smallest absolute Gasteiger partial charge is 0.338 e. The highest BCUT2D eigenvalue weighted by Gasteiger charge is 2.16. The minimum absolute atomic E-state index is 0.222. The Balaban J connectivity index is 2.10. The first-order valence-electron chi connectivity index (χ1n) is 7.63. The van der Waals surface area contributed by atoms with Gasteiger partial charge in [-0.1, -0.05) is 0 Å². The van der Waals surface area contributed by atoms with Crippen molar-refractivity contribution in [2.24, 2.45) is 0 Å². The molecule has 0 spiro atoms. The number of rotatable bonds is 4. The van der Waals surface area contributed by atoms with Crippen molar-refractivity contribution in [2.75, 3.05) is 6.61 Å². The highest BCUT2D eigenvalue weighted by Crippen LogP contribution is 2.21. The Morgan fingerprint density at radius 2 is 1.62 bits per heavy atom. The van der Waals surface area contributed by atoms with Crippen LogP contribution < -0.4 is 0 Å². The molecule has 0 aromatic heterocycles. The highest BCUT2D eigenvalue weighted by atomic mass is 16.5. The van der Waals surface area contributed by atoms with E-state index >= 15 is 0 Å². The van der Waals surface area contributed by atoms with E-state index in [4.69, 9.17) is 10.00 Å². The van der Waals surface area contributed by atoms with Gasteiger partial charge in [0, 0.05) is 5.56 Å². The van der Waals surface area contributed by atoms with Crippen molar-refractivity contribution in [3.8, 4) is 6.07 Å². The van der Waals surface area contributed by atoms with Gasteiger partial charge < -0.3 is 4.74 Å². The monoisotopic (exact) mass is 321 g/mol. The van der Waals surface area contributed by atoms with Crippen molar-refractivity contribution < 1.29 is 14.3 Å². The second-order valence-corrected chi connectivity index (χ2v) is 5.80. The van der Waals surface area contributed by atoms with Gasteiger partial charge in [0.15, 0.2) is 6.61 Å². The van der Waals surface area contributed by atoms with E-state index in [2.05, 4.69) is 0 Å². The molecule has 0 aliphatic rings. The molecule has 0 amide bonds. The third-order valence-electron chi connectivity index (χ3n) is 4.37. The second kappa shape index (κ2) is 7.10. The first-order chi connectivity index (χ1) is 11.3. The van der Waals surface area contributed by atoms with Gasteiger partial charge in [-0.3, -0.25) is 4.79 Å². The van der Waals surface area contributed by atoms with Crippen LogP contribution in [0.15, 0.2) is 30.3 Å². The zero-order chi connectivity index (χ0) is 17.9. The molecule has 2 rings (SSSR count). The molecule has 2 aromatic carbocycles. The number of hydrogen-bond donors (Lipinski definition) is 0. The zero-order valence-corrected chi connectivity index (χ0v) is 14.3. The number of benzene rings is 2. The fourth-order valence-corrected chi connectivity index (χ4v) is 2.47. The lowest BCUT2D eigenvalue weighted by molar-refractivity contribution is 0.0474. The van der Waals surface area contributed by atoms with E-state index in [1.165, 1.54) is 29.8 Å². The molecular formula is C20H19NO3. The summed E-state index contributed by atoms with van der Waals surface area (Å²) in [6.07, 6.45) is 0. The number of Topliss-reactive ketones (excluding diaryl/α,β-unsaturated/α-hetero) is 1. The summed E-state index contributed by atoms with van der Waals surface area (Å²) in [5.74, 6) is -0.799. The Morgan fingerprint density at radius 3 is 2.21 bits per heavy atom. The zero-order valence-electron chi connectivity index (χ0n) is 14.3. The van der Waals surface area contributed by atoms with Crippen LogP contribution in [-0.4, -0.2) is 18.4 Å². The normalized spacial score (nSPS) is 10.1. The number of esters is 1. The Morgan fingerprint density at radius 1 is 1.00 bits per heavy atom. The SMILES string of the molecule is Cc1cc(C(=O)COC(=O)c2ccc(C#N)cc2)c(C)c(C)c1C. The Kier molecular flexibility index (Phi) is 5.15. The third-order valence-corrected chi connectivity index (χ3v) is 4.37. The summed E-state index contributed by atoms with van der Waals surface area (Å²) < 4.78 is 5.11. The predicted octanol–water partition coefficient (Wildman–Crippen LogP) is 3.83. The molecule has 0 fully saturated rings. The molecule has 4 nitrogen and oxygen atoms in total. The first-order valence-corrected chi connectivity index (χ1v) is 7.63. The van der Waals surface area contributed by atoms with Crippen molar-refractivity contribution >= 4 is 11.8 Å². The van der Waals surface area contributed by atoms with Crippen molar-refractivity contribution in [3.63, 3.8) is 0 Å². The third kappa shape index (κ3) is 3.52. The molecule has 0 saturated carbocycles. The maximum absolute atomic E-state index is 12.4. The first kappa shape index (κ1) is 17.4. The van der Waals surface area contributed by atoms with Crippen molar-refractivity contribution in [3.05, 3.63) is 69.3 Å². The predicted molar refractivity (Wildman–Crippen MR) is 91.2 cm³/mol. The van der Waals surface area contributed by atoms with Crippen LogP contribution in [0.2, 0.25) is 0 Å². The molecule has 0 heterocycles. The van der Waals surface area contributed by atoms with E-state index in [0.29, 0.717) is 16.7 Å². The number of ketones is 1. The van der Waals surface area contributed by atoms with Crippen LogP contribution in [0.5, 0.6) is 0 Å². The number of aryl methyl sites for hydroxylation is 1. The number of hydrogen-bond acceptors (Lipinski definition) is 4. The Labute approximate surface area is 141 Å². The molecule has 0 aliphatic heterocycles. The van der Waals surface area contributed by atoms with Gasteiger partial charge in [0.1, 0.15) is 0 Å². The van der Waals surface area contributed by atoms with Gasteiger partial charge in [0.25, 0.3) is 0 Å². The molecule has 0 aliphatic carbocycles. The van der Waals surface area contributed by atoms with E-state index in [0.717, 1.165) is 16.7 Å². The molecular weight excluding hydrogens is 302 g/mol. The molecule has 0 radical (unpaired) electrons. The molecule has 24 heavy (non-hydrogen) atoms. The van der Waals surface area contributed by atoms with Gasteiger partial charge >= 0.3 is 5.97 Å². The van der Waals surface area contributed by atoms with Crippen molar-refractivity contribution in [2.45, 2.75) is 27.7 Å².